The summed E-state index contributed by atoms with van der Waals surface area (Å²) in [7, 11) is 5.94. The number of aliphatic carboxylic acids is 1. The molecule has 85 heavy (non-hydrogen) atoms. The van der Waals surface area contributed by atoms with Crippen LogP contribution >= 0.6 is 0 Å². The molecule has 2 unspecified atom stereocenters. The largest absolute Gasteiger partial charge is 0.545 e. The van der Waals surface area contributed by atoms with Crippen LogP contribution in [0.3, 0.4) is 0 Å². The van der Waals surface area contributed by atoms with Crippen LogP contribution in [0.25, 0.3) is 0 Å². The molecule has 0 radical (unpaired) electrons. The highest BCUT2D eigenvalue weighted by Crippen LogP contribution is 2.18. The van der Waals surface area contributed by atoms with E-state index in [4.69, 9.17) is 18.9 Å². The van der Waals surface area contributed by atoms with Crippen LogP contribution < -0.4 is 5.11 Å². The van der Waals surface area contributed by atoms with Crippen LogP contribution in [-0.2, 0) is 33.3 Å². The number of allylic oxidation sites excluding steroid dienone is 14. The molecule has 0 saturated heterocycles. The number of nitrogens with zero attached hydrogens (tertiary/aromatic N) is 1. The average molecular weight is 1190 g/mol. The number of carboxylic acid groups (broad SMARTS) is 1. The van der Waals surface area contributed by atoms with Crippen molar-refractivity contribution < 1.29 is 42.9 Å². The molecule has 0 bridgehead atoms. The second kappa shape index (κ2) is 66.4. The third-order valence-electron chi connectivity index (χ3n) is 15.6. The second-order valence-corrected chi connectivity index (χ2v) is 25.1. The Labute approximate surface area is 525 Å². The minimum atomic E-state index is -1.62. The molecule has 492 valence electrons. The van der Waals surface area contributed by atoms with Crippen molar-refractivity contribution in [2.24, 2.45) is 0 Å². The molecule has 9 heteroatoms. The number of carbonyl (C=O) groups is 3. The van der Waals surface area contributed by atoms with Gasteiger partial charge < -0.3 is 33.3 Å². The summed E-state index contributed by atoms with van der Waals surface area (Å²) >= 11 is 0. The highest BCUT2D eigenvalue weighted by molar-refractivity contribution is 5.70. The van der Waals surface area contributed by atoms with Gasteiger partial charge in [0, 0.05) is 12.8 Å². The van der Waals surface area contributed by atoms with Crippen molar-refractivity contribution in [3.8, 4) is 0 Å². The summed E-state index contributed by atoms with van der Waals surface area (Å²) in [5.41, 5.74) is 0. The number of hydrogen-bond acceptors (Lipinski definition) is 8. The fourth-order valence-corrected chi connectivity index (χ4v) is 10.2. The molecule has 0 rings (SSSR count). The van der Waals surface area contributed by atoms with Crippen LogP contribution in [0.1, 0.15) is 322 Å². The first-order valence-corrected chi connectivity index (χ1v) is 35.7. The Morgan fingerprint density at radius 3 is 1.00 bits per heavy atom. The van der Waals surface area contributed by atoms with Gasteiger partial charge in [-0.25, -0.2) is 0 Å². The van der Waals surface area contributed by atoms with Crippen molar-refractivity contribution >= 4 is 17.9 Å². The van der Waals surface area contributed by atoms with Gasteiger partial charge in [0.05, 0.1) is 40.3 Å². The molecule has 0 N–H and O–H groups in total. The average Bonchev–Trinajstić information content (AvgIpc) is 3.49. The van der Waals surface area contributed by atoms with E-state index in [1.807, 2.05) is 21.1 Å². The van der Waals surface area contributed by atoms with Gasteiger partial charge in [-0.05, 0) is 89.9 Å². The lowest BCUT2D eigenvalue weighted by atomic mass is 10.0. The molecule has 0 aromatic heterocycles. The third kappa shape index (κ3) is 67.8. The summed E-state index contributed by atoms with van der Waals surface area (Å²) < 4.78 is 22.8. The molecule has 0 aliphatic carbocycles. The Bertz CT molecular complexity index is 1670. The van der Waals surface area contributed by atoms with Gasteiger partial charge in [0.15, 0.2) is 12.4 Å². The minimum Gasteiger partial charge on any atom is -0.545 e. The third-order valence-corrected chi connectivity index (χ3v) is 15.6. The van der Waals surface area contributed by atoms with E-state index in [9.17, 15) is 19.5 Å². The van der Waals surface area contributed by atoms with Gasteiger partial charge in [-0.1, -0.05) is 304 Å². The minimum absolute atomic E-state index is 0.146. The molecule has 0 spiro atoms. The Morgan fingerprint density at radius 1 is 0.365 bits per heavy atom. The number of unbranched alkanes of at least 4 members (excludes halogenated alkanes) is 37. The number of hydrogen-bond donors (Lipinski definition) is 0. The van der Waals surface area contributed by atoms with Gasteiger partial charge in [-0.15, -0.1) is 0 Å². The van der Waals surface area contributed by atoms with Crippen molar-refractivity contribution in [1.29, 1.82) is 0 Å². The van der Waals surface area contributed by atoms with E-state index < -0.39 is 24.3 Å². The van der Waals surface area contributed by atoms with Crippen molar-refractivity contribution in [2.75, 3.05) is 47.5 Å². The maximum absolute atomic E-state index is 12.9. The first-order chi connectivity index (χ1) is 41.6. The van der Waals surface area contributed by atoms with Crippen LogP contribution in [0.15, 0.2) is 85.1 Å². The summed E-state index contributed by atoms with van der Waals surface area (Å²) in [6.45, 7) is 4.66. The van der Waals surface area contributed by atoms with Gasteiger partial charge in [0.25, 0.3) is 0 Å². The van der Waals surface area contributed by atoms with Crippen LogP contribution in [0.2, 0.25) is 0 Å². The molecule has 9 nitrogen and oxygen atoms in total. The predicted octanol–water partition coefficient (Wildman–Crippen LogP) is 20.9. The summed E-state index contributed by atoms with van der Waals surface area (Å²) in [6, 6.07) is 0. The van der Waals surface area contributed by atoms with Crippen molar-refractivity contribution in [3.05, 3.63) is 85.1 Å². The Kier molecular flexibility index (Phi) is 63.7. The first-order valence-electron chi connectivity index (χ1n) is 35.7. The topological polar surface area (TPSA) is 111 Å². The zero-order valence-corrected chi connectivity index (χ0v) is 56.2. The lowest BCUT2D eigenvalue weighted by Crippen LogP contribution is -2.44. The molecule has 0 aromatic rings. The Hall–Kier alpha value is -3.53. The number of ether oxygens (including phenoxy) is 4. The van der Waals surface area contributed by atoms with Gasteiger partial charge >= 0.3 is 11.9 Å². The highest BCUT2D eigenvalue weighted by atomic mass is 16.7. The van der Waals surface area contributed by atoms with E-state index in [0.717, 1.165) is 70.6 Å². The highest BCUT2D eigenvalue weighted by Gasteiger charge is 2.22. The zero-order valence-electron chi connectivity index (χ0n) is 56.2. The van der Waals surface area contributed by atoms with Gasteiger partial charge in [0.2, 0.25) is 0 Å². The number of carboxylic acids is 1. The number of esters is 2. The fraction of sp³-hybridized carbons (Fsp3) is 0.776. The van der Waals surface area contributed by atoms with Crippen LogP contribution in [0, 0.1) is 0 Å². The summed E-state index contributed by atoms with van der Waals surface area (Å²) in [4.78, 5) is 37.5. The normalized spacial score (nSPS) is 13.2. The van der Waals surface area contributed by atoms with E-state index in [2.05, 4.69) is 98.9 Å². The van der Waals surface area contributed by atoms with Crippen molar-refractivity contribution in [1.82, 2.24) is 0 Å². The smallest absolute Gasteiger partial charge is 0.306 e. The van der Waals surface area contributed by atoms with Crippen molar-refractivity contribution in [2.45, 2.75) is 334 Å². The Balaban J connectivity index is 4.08. The summed E-state index contributed by atoms with van der Waals surface area (Å²) in [5, 5.41) is 11.8. The monoisotopic (exact) mass is 1190 g/mol. The zero-order chi connectivity index (χ0) is 61.9. The molecule has 0 aliphatic rings. The molecule has 0 fully saturated rings. The van der Waals surface area contributed by atoms with E-state index >= 15 is 0 Å². The molecular weight excluding hydrogens is 1050 g/mol. The van der Waals surface area contributed by atoms with E-state index in [0.29, 0.717) is 17.4 Å². The number of carbonyl (C=O) groups excluding carboxylic acids is 3. The quantitative estimate of drug-likeness (QED) is 0.0195. The van der Waals surface area contributed by atoms with E-state index in [-0.39, 0.29) is 38.6 Å². The molecule has 0 amide bonds. The summed E-state index contributed by atoms with van der Waals surface area (Å²) in [5.74, 6) is -2.27. The SMILES string of the molecule is CC/C=C\C/C=C\C/C=C\C/C=C\CCCCCCCCCCCCCCCCCCCCCCC(=O)OC(COC(=O)CCCCCCCCCCCCCC/C=C\C/C=C\C/C=C\CCCCCCC)COC(OCC[N+](C)(C)C)C(=O)[O-]. The van der Waals surface area contributed by atoms with Gasteiger partial charge in [-0.3, -0.25) is 9.59 Å². The molecule has 0 saturated carbocycles. The maximum atomic E-state index is 12.9. The van der Waals surface area contributed by atoms with Gasteiger partial charge in [0.1, 0.15) is 13.2 Å². The summed E-state index contributed by atoms with van der Waals surface area (Å²) in [6.07, 6.45) is 86.7. The molecule has 2 atom stereocenters. The maximum Gasteiger partial charge on any atom is 0.306 e. The molecule has 0 aliphatic heterocycles. The lowest BCUT2D eigenvalue weighted by Gasteiger charge is -2.26. The molecule has 0 aromatic carbocycles. The number of rotatable bonds is 66. The second-order valence-electron chi connectivity index (χ2n) is 25.1. The molecular formula is C76H135NO8. The van der Waals surface area contributed by atoms with E-state index in [1.165, 1.54) is 218 Å². The first kappa shape index (κ1) is 81.5. The van der Waals surface area contributed by atoms with Crippen LogP contribution in [0.4, 0.5) is 0 Å². The lowest BCUT2D eigenvalue weighted by molar-refractivity contribution is -0.870. The van der Waals surface area contributed by atoms with Crippen LogP contribution in [0.5, 0.6) is 0 Å². The Morgan fingerprint density at radius 2 is 0.671 bits per heavy atom. The van der Waals surface area contributed by atoms with E-state index in [1.54, 1.807) is 0 Å². The number of likely N-dealkylation sites (N-methyl/N-ethyl adjacent to an activating group) is 1. The molecule has 0 heterocycles. The number of quaternary nitrogens is 1. The standard InChI is InChI=1S/C76H135NO8/c1-6-8-10-12-14-16-18-20-22-24-26-28-30-32-34-35-36-37-38-39-41-43-45-47-49-51-53-55-57-59-61-63-65-67-74(79)85-72(71-84-76(75(80)81)82-69-68-77(3,4)5)70-83-73(78)66-64-62-60-58-56-54-52-50-48-46-44-42-40-33-31-29-27-25-23-21-19-17-15-13-11-9-7-2/h8,10,14,16,19-22,25-28,31,33,72,76H,6-7,9,11-13,15,17-18,23-24,29-30,32,34-71H2,1-5H3/b10-8-,16-14-,21-19-,22-20-,27-25-,28-26-,33-31-. The predicted molar refractivity (Wildman–Crippen MR) is 361 cm³/mol. The van der Waals surface area contributed by atoms with Crippen LogP contribution in [-0.4, -0.2) is 82.3 Å². The fourth-order valence-electron chi connectivity index (χ4n) is 10.2. The van der Waals surface area contributed by atoms with Crippen molar-refractivity contribution in [3.63, 3.8) is 0 Å². The van der Waals surface area contributed by atoms with Gasteiger partial charge in [-0.2, -0.15) is 0 Å².